The zero-order chi connectivity index (χ0) is 23.5. The number of thiophene rings is 1. The Balaban J connectivity index is 1.64. The Hall–Kier alpha value is -2.86. The van der Waals surface area contributed by atoms with Crippen LogP contribution in [0.1, 0.15) is 25.3 Å². The zero-order valence-corrected chi connectivity index (χ0v) is 18.5. The number of carboxylic acid groups (broad SMARTS) is 1. The first-order valence-electron chi connectivity index (χ1n) is 9.54. The quantitative estimate of drug-likeness (QED) is 0.327. The molecule has 0 radical (unpaired) electrons. The van der Waals surface area contributed by atoms with Crippen molar-refractivity contribution in [3.05, 3.63) is 35.2 Å². The fourth-order valence-electron chi connectivity index (χ4n) is 3.21. The van der Waals surface area contributed by atoms with Crippen LogP contribution in [0.2, 0.25) is 0 Å². The first-order chi connectivity index (χ1) is 15.0. The molecule has 1 aromatic carbocycles. The second-order valence-electron chi connectivity index (χ2n) is 7.11. The van der Waals surface area contributed by atoms with Crippen LogP contribution in [0.4, 0.5) is 13.2 Å². The minimum absolute atomic E-state index is 0.0456. The molecule has 1 saturated heterocycles. The highest BCUT2D eigenvalue weighted by molar-refractivity contribution is 7.80. The van der Waals surface area contributed by atoms with Crippen molar-refractivity contribution in [1.82, 2.24) is 10.3 Å². The maximum absolute atomic E-state index is 12.3. The van der Waals surface area contributed by atoms with E-state index in [0.717, 1.165) is 0 Å². The molecule has 172 valence electrons. The summed E-state index contributed by atoms with van der Waals surface area (Å²) in [5.74, 6) is -1.56. The Kier molecular flexibility index (Phi) is 7.24. The monoisotopic (exact) mass is 487 g/mol. The second kappa shape index (κ2) is 9.74. The van der Waals surface area contributed by atoms with Crippen LogP contribution >= 0.6 is 23.6 Å². The van der Waals surface area contributed by atoms with Gasteiger partial charge >= 0.3 is 12.3 Å². The van der Waals surface area contributed by atoms with Crippen LogP contribution in [-0.4, -0.2) is 51.4 Å². The molecule has 0 amide bonds. The number of aromatic hydroxyl groups is 1. The lowest BCUT2D eigenvalue weighted by molar-refractivity contribution is -0.274. The van der Waals surface area contributed by atoms with E-state index < -0.39 is 12.3 Å². The summed E-state index contributed by atoms with van der Waals surface area (Å²) in [6.45, 7) is 2.70. The van der Waals surface area contributed by atoms with Crippen LogP contribution in [-0.2, 0) is 4.79 Å². The highest BCUT2D eigenvalue weighted by Crippen LogP contribution is 2.39. The van der Waals surface area contributed by atoms with E-state index >= 15 is 0 Å². The predicted molar refractivity (Wildman–Crippen MR) is 118 cm³/mol. The van der Waals surface area contributed by atoms with Gasteiger partial charge in [0.05, 0.1) is 22.1 Å². The van der Waals surface area contributed by atoms with E-state index in [2.05, 4.69) is 15.3 Å². The molecule has 2 aromatic rings. The average Bonchev–Trinajstić information content (AvgIpc) is 3.12. The number of piperidine rings is 1. The van der Waals surface area contributed by atoms with Gasteiger partial charge in [0.25, 0.3) is 0 Å². The summed E-state index contributed by atoms with van der Waals surface area (Å²) in [5.41, 5.74) is 4.22. The number of benzene rings is 1. The summed E-state index contributed by atoms with van der Waals surface area (Å²) in [6, 6.07) is 5.21. The molecule has 2 heterocycles. The molecule has 0 saturated carbocycles. The number of likely N-dealkylation sites (tertiary alicyclic amines) is 1. The van der Waals surface area contributed by atoms with Crippen molar-refractivity contribution in [2.75, 3.05) is 13.1 Å². The Bertz CT molecular complexity index is 1010. The maximum atomic E-state index is 12.3. The number of carbonyl (C=O) groups is 1. The Morgan fingerprint density at radius 2 is 1.91 bits per heavy atom. The van der Waals surface area contributed by atoms with Crippen molar-refractivity contribution in [2.24, 2.45) is 11.0 Å². The Morgan fingerprint density at radius 1 is 1.28 bits per heavy atom. The number of hydrazone groups is 1. The SMILES string of the molecule is C/C(=N/NC(=S)N1CCC(C(=O)O)CC1)c1csc(-c2ccc(OC(F)(F)F)cc2)c1O. The molecule has 1 aliphatic heterocycles. The summed E-state index contributed by atoms with van der Waals surface area (Å²) in [7, 11) is 0. The molecule has 12 heteroatoms. The fourth-order valence-corrected chi connectivity index (χ4v) is 4.45. The standard InChI is InChI=1S/C20H20F3N3O4S2/c1-11(24-25-19(31)26-8-6-13(7-9-26)18(28)29)15-10-32-17(16(15)27)12-2-4-14(5-3-12)30-20(21,22)23/h2-5,10,13,27H,6-9H2,1H3,(H,25,31)(H,28,29)/b24-11-. The van der Waals surface area contributed by atoms with E-state index in [4.69, 9.17) is 17.3 Å². The topological polar surface area (TPSA) is 94.4 Å². The first kappa shape index (κ1) is 23.8. The molecule has 32 heavy (non-hydrogen) atoms. The highest BCUT2D eigenvalue weighted by atomic mass is 32.1. The van der Waals surface area contributed by atoms with E-state index in [9.17, 15) is 23.1 Å². The lowest BCUT2D eigenvalue weighted by Crippen LogP contribution is -2.44. The van der Waals surface area contributed by atoms with E-state index in [1.54, 1.807) is 12.3 Å². The number of hydrogen-bond donors (Lipinski definition) is 3. The molecule has 7 nitrogen and oxygen atoms in total. The molecule has 0 atom stereocenters. The number of nitrogens with one attached hydrogen (secondary N) is 1. The predicted octanol–water partition coefficient (Wildman–Crippen LogP) is 4.41. The lowest BCUT2D eigenvalue weighted by atomic mass is 9.97. The van der Waals surface area contributed by atoms with Crippen molar-refractivity contribution in [3.63, 3.8) is 0 Å². The Labute approximate surface area is 191 Å². The van der Waals surface area contributed by atoms with Crippen molar-refractivity contribution >= 4 is 40.3 Å². The smallest absolute Gasteiger partial charge is 0.506 e. The van der Waals surface area contributed by atoms with E-state index in [1.165, 1.54) is 35.6 Å². The molecule has 0 aliphatic carbocycles. The molecular weight excluding hydrogens is 467 g/mol. The summed E-state index contributed by atoms with van der Waals surface area (Å²) in [6.07, 6.45) is -3.77. The van der Waals surface area contributed by atoms with E-state index in [1.807, 2.05) is 4.90 Å². The molecule has 3 rings (SSSR count). The third-order valence-corrected chi connectivity index (χ3v) is 6.32. The van der Waals surface area contributed by atoms with Crippen molar-refractivity contribution in [1.29, 1.82) is 0 Å². The van der Waals surface area contributed by atoms with Crippen LogP contribution in [0.5, 0.6) is 11.5 Å². The van der Waals surface area contributed by atoms with Gasteiger partial charge in [-0.2, -0.15) is 5.10 Å². The number of halogens is 3. The van der Waals surface area contributed by atoms with Crippen LogP contribution < -0.4 is 10.2 Å². The number of ether oxygens (including phenoxy) is 1. The van der Waals surface area contributed by atoms with Gasteiger partial charge in [0.2, 0.25) is 0 Å². The summed E-state index contributed by atoms with van der Waals surface area (Å²) in [5, 5.41) is 25.9. The third-order valence-electron chi connectivity index (χ3n) is 4.96. The van der Waals surface area contributed by atoms with E-state index in [-0.39, 0.29) is 17.4 Å². The van der Waals surface area contributed by atoms with Gasteiger partial charge in [-0.3, -0.25) is 10.2 Å². The molecule has 3 N–H and O–H groups in total. The van der Waals surface area contributed by atoms with Gasteiger partial charge in [0, 0.05) is 18.5 Å². The number of thiocarbonyl (C=S) groups is 1. The number of rotatable bonds is 5. The lowest BCUT2D eigenvalue weighted by Gasteiger charge is -2.31. The van der Waals surface area contributed by atoms with Gasteiger partial charge < -0.3 is 19.8 Å². The summed E-state index contributed by atoms with van der Waals surface area (Å²) in [4.78, 5) is 13.4. The molecule has 1 aliphatic rings. The minimum Gasteiger partial charge on any atom is -0.506 e. The van der Waals surface area contributed by atoms with Crippen LogP contribution in [0.25, 0.3) is 10.4 Å². The maximum Gasteiger partial charge on any atom is 0.573 e. The number of alkyl halides is 3. The average molecular weight is 488 g/mol. The van der Waals surface area contributed by atoms with Crippen molar-refractivity contribution < 1.29 is 32.9 Å². The fraction of sp³-hybridized carbons (Fsp3) is 0.350. The third kappa shape index (κ3) is 5.88. The molecule has 0 bridgehead atoms. The summed E-state index contributed by atoms with van der Waals surface area (Å²) < 4.78 is 40.8. The number of nitrogens with zero attached hydrogens (tertiary/aromatic N) is 2. The molecule has 1 fully saturated rings. The molecule has 0 unspecified atom stereocenters. The van der Waals surface area contributed by atoms with Gasteiger partial charge in [-0.25, -0.2) is 0 Å². The summed E-state index contributed by atoms with van der Waals surface area (Å²) >= 11 is 6.54. The van der Waals surface area contributed by atoms with Gasteiger partial charge in [0.15, 0.2) is 5.11 Å². The number of hydrogen-bond acceptors (Lipinski definition) is 6. The first-order valence-corrected chi connectivity index (χ1v) is 10.8. The second-order valence-corrected chi connectivity index (χ2v) is 8.38. The van der Waals surface area contributed by atoms with Crippen LogP contribution in [0.3, 0.4) is 0 Å². The zero-order valence-electron chi connectivity index (χ0n) is 16.8. The van der Waals surface area contributed by atoms with Gasteiger partial charge in [-0.15, -0.1) is 24.5 Å². The van der Waals surface area contributed by atoms with Crippen molar-refractivity contribution in [2.45, 2.75) is 26.1 Å². The van der Waals surface area contributed by atoms with Gasteiger partial charge in [0.1, 0.15) is 11.5 Å². The molecular formula is C20H20F3N3O4S2. The minimum atomic E-state index is -4.77. The van der Waals surface area contributed by atoms with Gasteiger partial charge in [-0.05, 0) is 61.8 Å². The normalized spacial score (nSPS) is 15.5. The molecule has 1 aromatic heterocycles. The molecule has 0 spiro atoms. The largest absolute Gasteiger partial charge is 0.573 e. The van der Waals surface area contributed by atoms with Crippen molar-refractivity contribution in [3.8, 4) is 21.9 Å². The van der Waals surface area contributed by atoms with Crippen LogP contribution in [0.15, 0.2) is 34.7 Å². The Morgan fingerprint density at radius 3 is 2.47 bits per heavy atom. The van der Waals surface area contributed by atoms with Gasteiger partial charge in [-0.1, -0.05) is 0 Å². The van der Waals surface area contributed by atoms with E-state index in [0.29, 0.717) is 52.8 Å². The highest BCUT2D eigenvalue weighted by Gasteiger charge is 2.31. The number of aliphatic carboxylic acids is 1. The number of carboxylic acids is 1. The van der Waals surface area contributed by atoms with Crippen LogP contribution in [0, 0.1) is 5.92 Å².